The number of hydrogen-bond donors (Lipinski definition) is 0. The molecule has 3 nitrogen and oxygen atoms in total. The molecule has 0 aliphatic heterocycles. The first-order chi connectivity index (χ1) is 10.8. The second-order valence-electron chi connectivity index (χ2n) is 5.01. The van der Waals surface area contributed by atoms with Crippen LogP contribution in [-0.4, -0.2) is 12.0 Å². The molecule has 0 atom stereocenters. The first kappa shape index (κ1) is 14.1. The van der Waals surface area contributed by atoms with Crippen molar-refractivity contribution < 1.29 is 4.74 Å². The third kappa shape index (κ3) is 3.26. The van der Waals surface area contributed by atoms with Crippen LogP contribution in [0.15, 0.2) is 79.1 Å². The highest BCUT2D eigenvalue weighted by molar-refractivity contribution is 5.68. The van der Waals surface area contributed by atoms with Crippen LogP contribution in [0.1, 0.15) is 5.56 Å². The Hall–Kier alpha value is -2.81. The lowest BCUT2D eigenvalue weighted by molar-refractivity contribution is 0.307. The summed E-state index contributed by atoms with van der Waals surface area (Å²) in [5, 5.41) is 0. The van der Waals surface area contributed by atoms with Gasteiger partial charge in [-0.3, -0.25) is 4.98 Å². The summed E-state index contributed by atoms with van der Waals surface area (Å²) in [4.78, 5) is 6.16. The molecule has 0 unspecified atom stereocenters. The Bertz CT molecular complexity index is 714. The number of ether oxygens (including phenoxy) is 1. The van der Waals surface area contributed by atoms with E-state index in [1.165, 1.54) is 0 Å². The van der Waals surface area contributed by atoms with Crippen molar-refractivity contribution in [3.63, 3.8) is 0 Å². The molecule has 0 aliphatic carbocycles. The molecule has 0 bridgehead atoms. The van der Waals surface area contributed by atoms with Crippen molar-refractivity contribution >= 4 is 11.4 Å². The van der Waals surface area contributed by atoms with E-state index in [4.69, 9.17) is 4.74 Å². The van der Waals surface area contributed by atoms with E-state index in [0.29, 0.717) is 6.61 Å². The third-order valence-corrected chi connectivity index (χ3v) is 3.51. The van der Waals surface area contributed by atoms with Gasteiger partial charge in [0.2, 0.25) is 0 Å². The van der Waals surface area contributed by atoms with Gasteiger partial charge >= 0.3 is 0 Å². The molecule has 0 fully saturated rings. The van der Waals surface area contributed by atoms with E-state index in [9.17, 15) is 0 Å². The van der Waals surface area contributed by atoms with Crippen LogP contribution in [0, 0.1) is 0 Å². The van der Waals surface area contributed by atoms with Crippen molar-refractivity contribution in [1.29, 1.82) is 0 Å². The van der Waals surface area contributed by atoms with Gasteiger partial charge < -0.3 is 9.64 Å². The zero-order valence-electron chi connectivity index (χ0n) is 12.5. The average molecular weight is 290 g/mol. The summed E-state index contributed by atoms with van der Waals surface area (Å²) in [5.74, 6) is 0.866. The van der Waals surface area contributed by atoms with Crippen molar-refractivity contribution in [2.75, 3.05) is 11.9 Å². The summed E-state index contributed by atoms with van der Waals surface area (Å²) < 4.78 is 6.01. The molecular formula is C19H18N2O. The maximum absolute atomic E-state index is 6.01. The lowest BCUT2D eigenvalue weighted by atomic mass is 10.2. The topological polar surface area (TPSA) is 25.4 Å². The number of rotatable bonds is 5. The summed E-state index contributed by atoms with van der Waals surface area (Å²) in [7, 11) is 2.03. The number of aromatic nitrogens is 1. The van der Waals surface area contributed by atoms with Crippen molar-refractivity contribution in [2.24, 2.45) is 0 Å². The summed E-state index contributed by atoms with van der Waals surface area (Å²) in [6.07, 6.45) is 3.58. The largest absolute Gasteiger partial charge is 0.487 e. The summed E-state index contributed by atoms with van der Waals surface area (Å²) in [6, 6.07) is 22.2. The number of para-hydroxylation sites is 2. The molecule has 22 heavy (non-hydrogen) atoms. The third-order valence-electron chi connectivity index (χ3n) is 3.51. The minimum Gasteiger partial charge on any atom is -0.487 e. The van der Waals surface area contributed by atoms with Gasteiger partial charge in [-0.05, 0) is 29.8 Å². The minimum absolute atomic E-state index is 0.558. The van der Waals surface area contributed by atoms with Gasteiger partial charge in [0.15, 0.2) is 0 Å². The molecule has 3 rings (SSSR count). The molecule has 3 aromatic rings. The number of pyridine rings is 1. The molecule has 0 saturated heterocycles. The second-order valence-corrected chi connectivity index (χ2v) is 5.01. The van der Waals surface area contributed by atoms with Crippen LogP contribution >= 0.6 is 0 Å². The van der Waals surface area contributed by atoms with Crippen LogP contribution in [0.2, 0.25) is 0 Å². The highest BCUT2D eigenvalue weighted by atomic mass is 16.5. The Morgan fingerprint density at radius 3 is 2.32 bits per heavy atom. The van der Waals surface area contributed by atoms with Gasteiger partial charge in [-0.25, -0.2) is 0 Å². The highest BCUT2D eigenvalue weighted by Crippen LogP contribution is 2.32. The zero-order chi connectivity index (χ0) is 15.2. The molecular weight excluding hydrogens is 272 g/mol. The van der Waals surface area contributed by atoms with Gasteiger partial charge in [-0.2, -0.15) is 0 Å². The molecule has 2 aromatic carbocycles. The Labute approximate surface area is 130 Å². The standard InChI is InChI=1S/C19H18N2O/c1-21(17-11-13-20-14-12-17)18-9-5-6-10-19(18)22-15-16-7-3-2-4-8-16/h2-14H,15H2,1H3. The van der Waals surface area contributed by atoms with Gasteiger partial charge in [-0.15, -0.1) is 0 Å². The van der Waals surface area contributed by atoms with E-state index in [1.54, 1.807) is 12.4 Å². The van der Waals surface area contributed by atoms with Crippen LogP contribution < -0.4 is 9.64 Å². The quantitative estimate of drug-likeness (QED) is 0.695. The molecule has 1 heterocycles. The van der Waals surface area contributed by atoms with Gasteiger partial charge in [0.25, 0.3) is 0 Å². The van der Waals surface area contributed by atoms with Crippen LogP contribution in [0.4, 0.5) is 11.4 Å². The highest BCUT2D eigenvalue weighted by Gasteiger charge is 2.09. The fourth-order valence-electron chi connectivity index (χ4n) is 2.30. The van der Waals surface area contributed by atoms with Gasteiger partial charge in [0.05, 0.1) is 5.69 Å². The Kier molecular flexibility index (Phi) is 4.35. The fourth-order valence-corrected chi connectivity index (χ4v) is 2.30. The van der Waals surface area contributed by atoms with E-state index in [1.807, 2.05) is 55.6 Å². The summed E-state index contributed by atoms with van der Waals surface area (Å²) in [6.45, 7) is 0.558. The molecule has 0 amide bonds. The number of nitrogens with zero attached hydrogens (tertiary/aromatic N) is 2. The lowest BCUT2D eigenvalue weighted by Gasteiger charge is -2.22. The number of benzene rings is 2. The Morgan fingerprint density at radius 1 is 0.864 bits per heavy atom. The molecule has 1 aromatic heterocycles. The van der Waals surface area contributed by atoms with E-state index >= 15 is 0 Å². The van der Waals surface area contributed by atoms with Gasteiger partial charge in [0, 0.05) is 25.1 Å². The SMILES string of the molecule is CN(c1ccncc1)c1ccccc1OCc1ccccc1. The van der Waals surface area contributed by atoms with Gasteiger partial charge in [-0.1, -0.05) is 42.5 Å². The maximum Gasteiger partial charge on any atom is 0.143 e. The minimum atomic E-state index is 0.558. The van der Waals surface area contributed by atoms with Gasteiger partial charge in [0.1, 0.15) is 12.4 Å². The van der Waals surface area contributed by atoms with Crippen LogP contribution in [0.3, 0.4) is 0 Å². The molecule has 0 saturated carbocycles. The maximum atomic E-state index is 6.01. The van der Waals surface area contributed by atoms with E-state index < -0.39 is 0 Å². The van der Waals surface area contributed by atoms with Crippen molar-refractivity contribution in [2.45, 2.75) is 6.61 Å². The number of hydrogen-bond acceptors (Lipinski definition) is 3. The molecule has 0 spiro atoms. The number of anilines is 2. The molecule has 3 heteroatoms. The predicted molar refractivity (Wildman–Crippen MR) is 89.5 cm³/mol. The Morgan fingerprint density at radius 2 is 1.55 bits per heavy atom. The second kappa shape index (κ2) is 6.76. The molecule has 0 aliphatic rings. The Balaban J connectivity index is 1.81. The first-order valence-electron chi connectivity index (χ1n) is 7.24. The molecule has 110 valence electrons. The van der Waals surface area contributed by atoms with E-state index in [0.717, 1.165) is 22.7 Å². The van der Waals surface area contributed by atoms with Crippen LogP contribution in [-0.2, 0) is 6.61 Å². The summed E-state index contributed by atoms with van der Waals surface area (Å²) >= 11 is 0. The fraction of sp³-hybridized carbons (Fsp3) is 0.105. The van der Waals surface area contributed by atoms with Crippen LogP contribution in [0.25, 0.3) is 0 Å². The van der Waals surface area contributed by atoms with Crippen LogP contribution in [0.5, 0.6) is 5.75 Å². The van der Waals surface area contributed by atoms with E-state index in [-0.39, 0.29) is 0 Å². The normalized spacial score (nSPS) is 10.2. The van der Waals surface area contributed by atoms with Crippen molar-refractivity contribution in [3.8, 4) is 5.75 Å². The van der Waals surface area contributed by atoms with Crippen molar-refractivity contribution in [1.82, 2.24) is 4.98 Å². The predicted octanol–water partition coefficient (Wildman–Crippen LogP) is 4.43. The molecule has 0 N–H and O–H groups in total. The lowest BCUT2D eigenvalue weighted by Crippen LogP contribution is -2.11. The molecule has 0 radical (unpaired) electrons. The monoisotopic (exact) mass is 290 g/mol. The van der Waals surface area contributed by atoms with E-state index in [2.05, 4.69) is 28.1 Å². The summed E-state index contributed by atoms with van der Waals surface area (Å²) in [5.41, 5.74) is 3.26. The first-order valence-corrected chi connectivity index (χ1v) is 7.24. The van der Waals surface area contributed by atoms with Crippen molar-refractivity contribution in [3.05, 3.63) is 84.7 Å². The smallest absolute Gasteiger partial charge is 0.143 e. The zero-order valence-corrected chi connectivity index (χ0v) is 12.5. The average Bonchev–Trinajstić information content (AvgIpc) is 2.61.